The Labute approximate surface area is 184 Å². The lowest BCUT2D eigenvalue weighted by atomic mass is 10.1. The van der Waals surface area contributed by atoms with Gasteiger partial charge in [0.2, 0.25) is 15.9 Å². The van der Waals surface area contributed by atoms with Crippen molar-refractivity contribution in [2.24, 2.45) is 0 Å². The standard InChI is InChI=1S/C22H28ClN3O3S/c1-16-12-17(2)22(18(3)13-16)26(30(4,28)29)15-21(27)25-10-8-24(9-11-25)20-7-5-6-19(23)14-20/h5-7,12-14H,8-11,15H2,1-4H3. The number of hydrogen-bond acceptors (Lipinski definition) is 4. The number of aryl methyl sites for hydroxylation is 3. The van der Waals surface area contributed by atoms with Crippen molar-refractivity contribution in [3.8, 4) is 0 Å². The Kier molecular flexibility index (Phi) is 6.62. The summed E-state index contributed by atoms with van der Waals surface area (Å²) in [6.45, 7) is 7.95. The Bertz CT molecular complexity index is 1020. The molecule has 0 spiro atoms. The van der Waals surface area contributed by atoms with Crippen molar-refractivity contribution in [1.29, 1.82) is 0 Å². The zero-order valence-electron chi connectivity index (χ0n) is 17.9. The molecule has 8 heteroatoms. The zero-order chi connectivity index (χ0) is 22.1. The molecule has 1 aliphatic heterocycles. The summed E-state index contributed by atoms with van der Waals surface area (Å²) in [5.74, 6) is -0.189. The van der Waals surface area contributed by atoms with E-state index in [4.69, 9.17) is 11.6 Å². The summed E-state index contributed by atoms with van der Waals surface area (Å²) in [6, 6.07) is 11.5. The molecule has 1 amide bonds. The number of amides is 1. The maximum atomic E-state index is 13.0. The molecule has 2 aromatic carbocycles. The maximum Gasteiger partial charge on any atom is 0.243 e. The summed E-state index contributed by atoms with van der Waals surface area (Å²) in [5.41, 5.74) is 4.37. The first-order valence-corrected chi connectivity index (χ1v) is 12.1. The Morgan fingerprint density at radius 1 is 1.03 bits per heavy atom. The quantitative estimate of drug-likeness (QED) is 0.702. The predicted octanol–water partition coefficient (Wildman–Crippen LogP) is 3.38. The number of carbonyl (C=O) groups excluding carboxylic acids is 1. The van der Waals surface area contributed by atoms with Crippen LogP contribution in [0.4, 0.5) is 11.4 Å². The van der Waals surface area contributed by atoms with Crippen molar-refractivity contribution in [2.45, 2.75) is 20.8 Å². The molecule has 1 saturated heterocycles. The van der Waals surface area contributed by atoms with Gasteiger partial charge in [0.25, 0.3) is 0 Å². The van der Waals surface area contributed by atoms with Crippen molar-refractivity contribution in [3.63, 3.8) is 0 Å². The van der Waals surface area contributed by atoms with E-state index < -0.39 is 10.0 Å². The monoisotopic (exact) mass is 449 g/mol. The number of benzene rings is 2. The van der Waals surface area contributed by atoms with Crippen molar-refractivity contribution in [3.05, 3.63) is 58.1 Å². The van der Waals surface area contributed by atoms with Crippen molar-refractivity contribution >= 4 is 38.9 Å². The molecule has 0 radical (unpaired) electrons. The van der Waals surface area contributed by atoms with Gasteiger partial charge < -0.3 is 9.80 Å². The maximum absolute atomic E-state index is 13.0. The van der Waals surface area contributed by atoms with Gasteiger partial charge in [-0.05, 0) is 50.1 Å². The molecular weight excluding hydrogens is 422 g/mol. The normalized spacial score (nSPS) is 14.7. The fourth-order valence-electron chi connectivity index (χ4n) is 4.04. The predicted molar refractivity (Wildman–Crippen MR) is 123 cm³/mol. The number of anilines is 2. The highest BCUT2D eigenvalue weighted by atomic mass is 35.5. The Morgan fingerprint density at radius 3 is 2.17 bits per heavy atom. The van der Waals surface area contributed by atoms with E-state index in [1.807, 2.05) is 57.2 Å². The Hall–Kier alpha value is -2.25. The van der Waals surface area contributed by atoms with E-state index in [-0.39, 0.29) is 12.5 Å². The zero-order valence-corrected chi connectivity index (χ0v) is 19.4. The SMILES string of the molecule is Cc1cc(C)c(N(CC(=O)N2CCN(c3cccc(Cl)c3)CC2)S(C)(=O)=O)c(C)c1. The second kappa shape index (κ2) is 8.86. The number of carbonyl (C=O) groups is 1. The van der Waals surface area contributed by atoms with Gasteiger partial charge in [-0.25, -0.2) is 8.42 Å². The topological polar surface area (TPSA) is 60.9 Å². The van der Waals surface area contributed by atoms with Crippen LogP contribution >= 0.6 is 11.6 Å². The molecular formula is C22H28ClN3O3S. The minimum Gasteiger partial charge on any atom is -0.368 e. The van der Waals surface area contributed by atoms with Crippen molar-refractivity contribution in [1.82, 2.24) is 4.90 Å². The highest BCUT2D eigenvalue weighted by Crippen LogP contribution is 2.28. The van der Waals surface area contributed by atoms with Gasteiger partial charge in [0, 0.05) is 36.9 Å². The van der Waals surface area contributed by atoms with Gasteiger partial charge >= 0.3 is 0 Å². The molecule has 3 rings (SSSR count). The van der Waals surface area contributed by atoms with Crippen LogP contribution in [0.3, 0.4) is 0 Å². The average Bonchev–Trinajstić information content (AvgIpc) is 2.65. The first-order valence-electron chi connectivity index (χ1n) is 9.90. The third-order valence-corrected chi connectivity index (χ3v) is 6.72. The van der Waals surface area contributed by atoms with E-state index in [2.05, 4.69) is 4.90 Å². The molecule has 30 heavy (non-hydrogen) atoms. The second-order valence-corrected chi connectivity index (χ2v) is 10.2. The average molecular weight is 450 g/mol. The van der Waals surface area contributed by atoms with E-state index in [0.29, 0.717) is 36.9 Å². The second-order valence-electron chi connectivity index (χ2n) is 7.86. The summed E-state index contributed by atoms with van der Waals surface area (Å²) >= 11 is 6.08. The summed E-state index contributed by atoms with van der Waals surface area (Å²) in [5, 5.41) is 0.679. The van der Waals surface area contributed by atoms with Gasteiger partial charge in [0.15, 0.2) is 0 Å². The van der Waals surface area contributed by atoms with Crippen molar-refractivity contribution < 1.29 is 13.2 Å². The smallest absolute Gasteiger partial charge is 0.243 e. The lowest BCUT2D eigenvalue weighted by Crippen LogP contribution is -2.52. The molecule has 2 aromatic rings. The number of halogens is 1. The third-order valence-electron chi connectivity index (χ3n) is 5.37. The highest BCUT2D eigenvalue weighted by molar-refractivity contribution is 7.92. The first kappa shape index (κ1) is 22.4. The van der Waals surface area contributed by atoms with Crippen LogP contribution in [-0.4, -0.2) is 58.2 Å². The van der Waals surface area contributed by atoms with Gasteiger partial charge in [-0.3, -0.25) is 9.10 Å². The number of nitrogens with zero attached hydrogens (tertiary/aromatic N) is 3. The van der Waals surface area contributed by atoms with Crippen LogP contribution in [0.1, 0.15) is 16.7 Å². The number of hydrogen-bond donors (Lipinski definition) is 0. The van der Waals surface area contributed by atoms with E-state index in [1.54, 1.807) is 4.90 Å². The summed E-state index contributed by atoms with van der Waals surface area (Å²) in [4.78, 5) is 16.9. The molecule has 0 bridgehead atoms. The van der Waals surface area contributed by atoms with Crippen LogP contribution in [0.25, 0.3) is 0 Å². The van der Waals surface area contributed by atoms with Crippen LogP contribution in [-0.2, 0) is 14.8 Å². The van der Waals surface area contributed by atoms with E-state index >= 15 is 0 Å². The number of rotatable bonds is 5. The van der Waals surface area contributed by atoms with Crippen molar-refractivity contribution in [2.75, 3.05) is 48.2 Å². The lowest BCUT2D eigenvalue weighted by Gasteiger charge is -2.37. The number of piperazine rings is 1. The van der Waals surface area contributed by atoms with E-state index in [0.717, 1.165) is 28.6 Å². The third kappa shape index (κ3) is 5.08. The Balaban J connectivity index is 1.74. The van der Waals surface area contributed by atoms with Crippen LogP contribution in [0.5, 0.6) is 0 Å². The molecule has 0 unspecified atom stereocenters. The molecule has 0 aliphatic carbocycles. The first-order chi connectivity index (χ1) is 14.1. The molecule has 1 heterocycles. The Morgan fingerprint density at radius 2 is 1.63 bits per heavy atom. The van der Waals surface area contributed by atoms with Gasteiger partial charge in [-0.2, -0.15) is 0 Å². The summed E-state index contributed by atoms with van der Waals surface area (Å²) in [6.07, 6.45) is 1.15. The minimum atomic E-state index is -3.61. The van der Waals surface area contributed by atoms with Crippen LogP contribution < -0.4 is 9.21 Å². The van der Waals surface area contributed by atoms with Gasteiger partial charge in [0.1, 0.15) is 6.54 Å². The molecule has 162 valence electrons. The fourth-order valence-corrected chi connectivity index (χ4v) is 5.19. The van der Waals surface area contributed by atoms with Gasteiger partial charge in [0.05, 0.1) is 11.9 Å². The van der Waals surface area contributed by atoms with Crippen LogP contribution in [0, 0.1) is 20.8 Å². The fraction of sp³-hybridized carbons (Fsp3) is 0.409. The lowest BCUT2D eigenvalue weighted by molar-refractivity contribution is -0.129. The molecule has 0 N–H and O–H groups in total. The van der Waals surface area contributed by atoms with Gasteiger partial charge in [-0.15, -0.1) is 0 Å². The van der Waals surface area contributed by atoms with E-state index in [1.165, 1.54) is 4.31 Å². The molecule has 6 nitrogen and oxygen atoms in total. The van der Waals surface area contributed by atoms with E-state index in [9.17, 15) is 13.2 Å². The number of sulfonamides is 1. The molecule has 0 aromatic heterocycles. The van der Waals surface area contributed by atoms with Crippen LogP contribution in [0.2, 0.25) is 5.02 Å². The van der Waals surface area contributed by atoms with Crippen LogP contribution in [0.15, 0.2) is 36.4 Å². The molecule has 0 atom stereocenters. The van der Waals surface area contributed by atoms with Gasteiger partial charge in [-0.1, -0.05) is 35.4 Å². The minimum absolute atomic E-state index is 0.189. The summed E-state index contributed by atoms with van der Waals surface area (Å²) in [7, 11) is -3.61. The highest BCUT2D eigenvalue weighted by Gasteiger charge is 2.28. The summed E-state index contributed by atoms with van der Waals surface area (Å²) < 4.78 is 26.3. The molecule has 1 fully saturated rings. The largest absolute Gasteiger partial charge is 0.368 e. The molecule has 1 aliphatic rings. The molecule has 0 saturated carbocycles.